The summed E-state index contributed by atoms with van der Waals surface area (Å²) in [6.07, 6.45) is 9.53. The molecule has 4 rings (SSSR count). The van der Waals surface area contributed by atoms with Crippen LogP contribution in [0.4, 0.5) is 0 Å². The van der Waals surface area contributed by atoms with Crippen molar-refractivity contribution < 1.29 is 9.59 Å². The molecule has 0 radical (unpaired) electrons. The molecule has 2 amide bonds. The summed E-state index contributed by atoms with van der Waals surface area (Å²) in [4.78, 5) is 30.0. The zero-order valence-electron chi connectivity index (χ0n) is 17.2. The number of carbonyl (C=O) groups excluding carboxylic acids is 2. The summed E-state index contributed by atoms with van der Waals surface area (Å²) in [6, 6.07) is 10.7. The Morgan fingerprint density at radius 1 is 1.11 bits per heavy atom. The highest BCUT2D eigenvalue weighted by molar-refractivity contribution is 5.84. The predicted molar refractivity (Wildman–Crippen MR) is 111 cm³/mol. The molecular weight excluding hydrogens is 348 g/mol. The number of nitrogens with zero attached hydrogens (tertiary/aromatic N) is 2. The Balaban J connectivity index is 1.39. The first kappa shape index (κ1) is 19.5. The third-order valence-electron chi connectivity index (χ3n) is 7.50. The lowest BCUT2D eigenvalue weighted by molar-refractivity contribution is -0.145. The molecule has 1 aromatic carbocycles. The molecule has 4 heteroatoms. The van der Waals surface area contributed by atoms with E-state index >= 15 is 0 Å². The van der Waals surface area contributed by atoms with Crippen LogP contribution in [0.2, 0.25) is 0 Å². The van der Waals surface area contributed by atoms with Gasteiger partial charge in [0.15, 0.2) is 0 Å². The van der Waals surface area contributed by atoms with E-state index in [1.165, 1.54) is 25.7 Å². The minimum Gasteiger partial charge on any atom is -0.342 e. The van der Waals surface area contributed by atoms with E-state index < -0.39 is 0 Å². The number of rotatable bonds is 4. The van der Waals surface area contributed by atoms with Gasteiger partial charge in [0.1, 0.15) is 0 Å². The van der Waals surface area contributed by atoms with Crippen LogP contribution in [-0.4, -0.2) is 47.3 Å². The van der Waals surface area contributed by atoms with Crippen LogP contribution in [0.5, 0.6) is 0 Å². The summed E-state index contributed by atoms with van der Waals surface area (Å²) in [5.41, 5.74) is 1.37. The number of hydrogen-bond donors (Lipinski definition) is 0. The molecule has 0 aromatic heterocycles. The Hall–Kier alpha value is -1.84. The van der Waals surface area contributed by atoms with Crippen molar-refractivity contribution in [2.45, 2.75) is 76.7 Å². The first-order chi connectivity index (χ1) is 13.6. The third kappa shape index (κ3) is 3.83. The van der Waals surface area contributed by atoms with Gasteiger partial charge in [-0.15, -0.1) is 0 Å². The van der Waals surface area contributed by atoms with E-state index in [0.717, 1.165) is 50.9 Å². The lowest BCUT2D eigenvalue weighted by Crippen LogP contribution is -2.54. The minimum absolute atomic E-state index is 0.0295. The fourth-order valence-electron chi connectivity index (χ4n) is 5.66. The van der Waals surface area contributed by atoms with Crippen molar-refractivity contribution in [3.8, 4) is 0 Å². The average Bonchev–Trinajstić information content (AvgIpc) is 3.27. The SMILES string of the molecule is CC[C@H](C(=O)N1CCC2(CCC(=O)N(C3CCCC3)C2)CC1)c1ccccc1. The van der Waals surface area contributed by atoms with Crippen LogP contribution in [-0.2, 0) is 9.59 Å². The highest BCUT2D eigenvalue weighted by Crippen LogP contribution is 2.42. The highest BCUT2D eigenvalue weighted by Gasteiger charge is 2.44. The van der Waals surface area contributed by atoms with Crippen LogP contribution in [0, 0.1) is 5.41 Å². The summed E-state index contributed by atoms with van der Waals surface area (Å²) >= 11 is 0. The van der Waals surface area contributed by atoms with Gasteiger partial charge in [0, 0.05) is 32.1 Å². The van der Waals surface area contributed by atoms with Crippen LogP contribution < -0.4 is 0 Å². The zero-order chi connectivity index (χ0) is 19.6. The van der Waals surface area contributed by atoms with Gasteiger partial charge in [-0.3, -0.25) is 9.59 Å². The molecule has 2 aliphatic heterocycles. The Morgan fingerprint density at radius 2 is 1.79 bits per heavy atom. The summed E-state index contributed by atoms with van der Waals surface area (Å²) < 4.78 is 0. The molecule has 2 saturated heterocycles. The topological polar surface area (TPSA) is 40.6 Å². The molecule has 1 aliphatic carbocycles. The van der Waals surface area contributed by atoms with Crippen molar-refractivity contribution in [2.75, 3.05) is 19.6 Å². The maximum atomic E-state index is 13.2. The average molecular weight is 383 g/mol. The zero-order valence-corrected chi connectivity index (χ0v) is 17.2. The van der Waals surface area contributed by atoms with Crippen LogP contribution >= 0.6 is 0 Å². The van der Waals surface area contributed by atoms with E-state index in [1.807, 2.05) is 18.2 Å². The summed E-state index contributed by atoms with van der Waals surface area (Å²) in [5, 5.41) is 0. The second-order valence-corrected chi connectivity index (χ2v) is 9.16. The standard InChI is InChI=1S/C24H34N2O2/c1-2-21(19-8-4-3-5-9-19)23(28)25-16-14-24(15-17-25)13-12-22(27)26(18-24)20-10-6-7-11-20/h3-5,8-9,20-21H,2,6-7,10-18H2,1H3/t21-/m0/s1. The molecule has 1 saturated carbocycles. The van der Waals surface area contributed by atoms with Crippen molar-refractivity contribution in [1.29, 1.82) is 0 Å². The molecule has 152 valence electrons. The van der Waals surface area contributed by atoms with Crippen molar-refractivity contribution in [3.05, 3.63) is 35.9 Å². The molecular formula is C24H34N2O2. The maximum Gasteiger partial charge on any atom is 0.230 e. The normalized spacial score (nSPS) is 24.0. The van der Waals surface area contributed by atoms with E-state index in [9.17, 15) is 9.59 Å². The minimum atomic E-state index is -0.0295. The van der Waals surface area contributed by atoms with Gasteiger partial charge in [-0.05, 0) is 49.5 Å². The van der Waals surface area contributed by atoms with E-state index in [2.05, 4.69) is 28.9 Å². The molecule has 0 unspecified atom stereocenters. The second kappa shape index (κ2) is 8.26. The molecule has 0 bridgehead atoms. The lowest BCUT2D eigenvalue weighted by Gasteiger charge is -2.49. The van der Waals surface area contributed by atoms with Crippen LogP contribution in [0.1, 0.15) is 76.2 Å². The largest absolute Gasteiger partial charge is 0.342 e. The number of carbonyl (C=O) groups is 2. The van der Waals surface area contributed by atoms with Gasteiger partial charge in [0.2, 0.25) is 11.8 Å². The smallest absolute Gasteiger partial charge is 0.230 e. The quantitative estimate of drug-likeness (QED) is 0.776. The number of hydrogen-bond acceptors (Lipinski definition) is 2. The van der Waals surface area contributed by atoms with Crippen LogP contribution in [0.25, 0.3) is 0 Å². The number of piperidine rings is 2. The molecule has 1 atom stereocenters. The molecule has 1 spiro atoms. The van der Waals surface area contributed by atoms with Crippen molar-refractivity contribution in [2.24, 2.45) is 5.41 Å². The Bertz CT molecular complexity index is 688. The molecule has 3 fully saturated rings. The van der Waals surface area contributed by atoms with Crippen molar-refractivity contribution in [1.82, 2.24) is 9.80 Å². The maximum absolute atomic E-state index is 13.2. The predicted octanol–water partition coefficient (Wildman–Crippen LogP) is 4.35. The molecule has 3 aliphatic rings. The second-order valence-electron chi connectivity index (χ2n) is 9.16. The van der Waals surface area contributed by atoms with E-state index in [4.69, 9.17) is 0 Å². The molecule has 2 heterocycles. The van der Waals surface area contributed by atoms with Gasteiger partial charge in [-0.1, -0.05) is 50.1 Å². The monoisotopic (exact) mass is 382 g/mol. The first-order valence-electron chi connectivity index (χ1n) is 11.2. The van der Waals surface area contributed by atoms with E-state index in [-0.39, 0.29) is 17.2 Å². The fourth-order valence-corrected chi connectivity index (χ4v) is 5.66. The summed E-state index contributed by atoms with van der Waals surface area (Å²) in [7, 11) is 0. The van der Waals surface area contributed by atoms with Gasteiger partial charge in [0.25, 0.3) is 0 Å². The number of amides is 2. The molecule has 1 aromatic rings. The fraction of sp³-hybridized carbons (Fsp3) is 0.667. The third-order valence-corrected chi connectivity index (χ3v) is 7.50. The van der Waals surface area contributed by atoms with Crippen molar-refractivity contribution in [3.63, 3.8) is 0 Å². The Kier molecular flexibility index (Phi) is 5.75. The van der Waals surface area contributed by atoms with E-state index in [1.54, 1.807) is 0 Å². The molecule has 28 heavy (non-hydrogen) atoms. The first-order valence-corrected chi connectivity index (χ1v) is 11.2. The van der Waals surface area contributed by atoms with Gasteiger partial charge in [0.05, 0.1) is 5.92 Å². The number of benzene rings is 1. The molecule has 4 nitrogen and oxygen atoms in total. The number of likely N-dealkylation sites (tertiary alicyclic amines) is 2. The van der Waals surface area contributed by atoms with Crippen LogP contribution in [0.15, 0.2) is 30.3 Å². The Morgan fingerprint density at radius 3 is 2.43 bits per heavy atom. The molecule has 0 N–H and O–H groups in total. The van der Waals surface area contributed by atoms with E-state index in [0.29, 0.717) is 18.4 Å². The van der Waals surface area contributed by atoms with Gasteiger partial charge in [-0.2, -0.15) is 0 Å². The van der Waals surface area contributed by atoms with Crippen molar-refractivity contribution >= 4 is 11.8 Å². The summed E-state index contributed by atoms with van der Waals surface area (Å²) in [6.45, 7) is 4.71. The van der Waals surface area contributed by atoms with Crippen LogP contribution in [0.3, 0.4) is 0 Å². The Labute approximate surface area is 169 Å². The van der Waals surface area contributed by atoms with Gasteiger partial charge >= 0.3 is 0 Å². The summed E-state index contributed by atoms with van der Waals surface area (Å²) in [5.74, 6) is 0.618. The lowest BCUT2D eigenvalue weighted by atomic mass is 9.71. The highest BCUT2D eigenvalue weighted by atomic mass is 16.2. The van der Waals surface area contributed by atoms with Gasteiger partial charge < -0.3 is 9.80 Å². The van der Waals surface area contributed by atoms with Gasteiger partial charge in [-0.25, -0.2) is 0 Å².